The van der Waals surface area contributed by atoms with Crippen LogP contribution >= 0.6 is 0 Å². The van der Waals surface area contributed by atoms with Gasteiger partial charge < -0.3 is 9.80 Å². The Hall–Kier alpha value is -1.84. The van der Waals surface area contributed by atoms with Gasteiger partial charge in [-0.1, -0.05) is 37.5 Å². The van der Waals surface area contributed by atoms with Crippen molar-refractivity contribution in [3.05, 3.63) is 35.9 Å². The Balaban J connectivity index is 1.58. The number of benzene rings is 1. The van der Waals surface area contributed by atoms with Crippen molar-refractivity contribution in [1.82, 2.24) is 9.80 Å². The van der Waals surface area contributed by atoms with Gasteiger partial charge in [0.25, 0.3) is 5.91 Å². The molecule has 2 fully saturated rings. The number of nitrogens with zero attached hydrogens (tertiary/aromatic N) is 2. The van der Waals surface area contributed by atoms with Crippen molar-refractivity contribution >= 4 is 11.8 Å². The topological polar surface area (TPSA) is 40.6 Å². The molecule has 4 nitrogen and oxygen atoms in total. The minimum absolute atomic E-state index is 0.0811. The highest BCUT2D eigenvalue weighted by molar-refractivity contribution is 5.94. The number of amides is 2. The van der Waals surface area contributed by atoms with E-state index in [2.05, 4.69) is 0 Å². The first-order chi connectivity index (χ1) is 11.3. The van der Waals surface area contributed by atoms with Gasteiger partial charge in [0.1, 0.15) is 0 Å². The molecule has 1 saturated heterocycles. The molecule has 0 N–H and O–H groups in total. The van der Waals surface area contributed by atoms with Crippen LogP contribution in [0.25, 0.3) is 0 Å². The van der Waals surface area contributed by atoms with Crippen LogP contribution in [0.3, 0.4) is 0 Å². The van der Waals surface area contributed by atoms with E-state index in [0.29, 0.717) is 19.0 Å². The van der Waals surface area contributed by atoms with E-state index in [-0.39, 0.29) is 11.8 Å². The summed E-state index contributed by atoms with van der Waals surface area (Å²) in [5, 5.41) is 0. The van der Waals surface area contributed by atoms with Crippen LogP contribution in [0, 0.1) is 5.92 Å². The van der Waals surface area contributed by atoms with Gasteiger partial charge in [-0.25, -0.2) is 0 Å². The molecule has 4 heteroatoms. The fourth-order valence-electron chi connectivity index (χ4n) is 3.71. The molecule has 1 aromatic carbocycles. The summed E-state index contributed by atoms with van der Waals surface area (Å²) in [4.78, 5) is 29.1. The smallest absolute Gasteiger partial charge is 0.253 e. The zero-order chi connectivity index (χ0) is 16.1. The minimum atomic E-state index is 0.0811. The Kier molecular flexibility index (Phi) is 5.31. The predicted molar refractivity (Wildman–Crippen MR) is 90.1 cm³/mol. The third-order valence-corrected chi connectivity index (χ3v) is 5.07. The zero-order valence-electron chi connectivity index (χ0n) is 13.7. The molecule has 1 aliphatic carbocycles. The molecular weight excluding hydrogens is 288 g/mol. The minimum Gasteiger partial charge on any atom is -0.341 e. The molecule has 3 rings (SSSR count). The summed E-state index contributed by atoms with van der Waals surface area (Å²) in [5.41, 5.74) is 0.736. The van der Waals surface area contributed by atoms with Crippen molar-refractivity contribution in [3.63, 3.8) is 0 Å². The van der Waals surface area contributed by atoms with Gasteiger partial charge in [0.2, 0.25) is 5.91 Å². The molecule has 1 saturated carbocycles. The Morgan fingerprint density at radius 1 is 0.783 bits per heavy atom. The molecule has 0 bridgehead atoms. The second-order valence-electron chi connectivity index (χ2n) is 6.67. The molecule has 0 unspecified atom stereocenters. The molecule has 0 radical (unpaired) electrons. The monoisotopic (exact) mass is 314 g/mol. The van der Waals surface area contributed by atoms with Gasteiger partial charge in [0.05, 0.1) is 0 Å². The molecule has 1 aliphatic heterocycles. The lowest BCUT2D eigenvalue weighted by Crippen LogP contribution is -2.40. The van der Waals surface area contributed by atoms with E-state index in [1.165, 1.54) is 19.3 Å². The van der Waals surface area contributed by atoms with Crippen molar-refractivity contribution in [2.24, 2.45) is 5.92 Å². The van der Waals surface area contributed by atoms with Crippen molar-refractivity contribution in [2.75, 3.05) is 26.2 Å². The van der Waals surface area contributed by atoms with Gasteiger partial charge in [-0.05, 0) is 31.4 Å². The third-order valence-electron chi connectivity index (χ3n) is 5.07. The van der Waals surface area contributed by atoms with Gasteiger partial charge in [0.15, 0.2) is 0 Å². The van der Waals surface area contributed by atoms with Gasteiger partial charge in [-0.2, -0.15) is 0 Å². The maximum Gasteiger partial charge on any atom is 0.253 e. The molecule has 2 amide bonds. The Morgan fingerprint density at radius 3 is 2.17 bits per heavy atom. The van der Waals surface area contributed by atoms with E-state index in [0.717, 1.165) is 37.9 Å². The summed E-state index contributed by atoms with van der Waals surface area (Å²) in [6.45, 7) is 2.84. The number of rotatable bonds is 2. The van der Waals surface area contributed by atoms with Crippen LogP contribution in [0.2, 0.25) is 0 Å². The highest BCUT2D eigenvalue weighted by Gasteiger charge is 2.28. The van der Waals surface area contributed by atoms with Crippen molar-refractivity contribution in [3.8, 4) is 0 Å². The number of carbonyl (C=O) groups is 2. The van der Waals surface area contributed by atoms with E-state index >= 15 is 0 Å². The number of hydrogen-bond acceptors (Lipinski definition) is 2. The van der Waals surface area contributed by atoms with Crippen molar-refractivity contribution < 1.29 is 9.59 Å². The summed E-state index contributed by atoms with van der Waals surface area (Å²) in [7, 11) is 0. The molecule has 1 aromatic rings. The average molecular weight is 314 g/mol. The summed E-state index contributed by atoms with van der Waals surface area (Å²) in [6.07, 6.45) is 6.59. The normalized spacial score (nSPS) is 20.2. The van der Waals surface area contributed by atoms with Crippen LogP contribution in [-0.4, -0.2) is 47.8 Å². The van der Waals surface area contributed by atoms with Gasteiger partial charge in [-0.3, -0.25) is 9.59 Å². The van der Waals surface area contributed by atoms with Crippen molar-refractivity contribution in [1.29, 1.82) is 0 Å². The van der Waals surface area contributed by atoms with E-state index in [1.807, 2.05) is 40.1 Å². The van der Waals surface area contributed by atoms with Crippen LogP contribution in [0.4, 0.5) is 0 Å². The summed E-state index contributed by atoms with van der Waals surface area (Å²) in [5.74, 6) is 0.622. The van der Waals surface area contributed by atoms with E-state index in [4.69, 9.17) is 0 Å². The zero-order valence-corrected chi connectivity index (χ0v) is 13.7. The number of carbonyl (C=O) groups excluding carboxylic acids is 2. The van der Waals surface area contributed by atoms with Crippen LogP contribution in [0.1, 0.15) is 48.9 Å². The van der Waals surface area contributed by atoms with Crippen LogP contribution < -0.4 is 0 Å². The fraction of sp³-hybridized carbons (Fsp3) is 0.579. The standard InChI is InChI=1S/C19H26N2O2/c22-18(16-8-3-1-4-9-16)20-12-7-13-21(15-14-20)19(23)17-10-5-2-6-11-17/h1,3-4,8-9,17H,2,5-7,10-15H2. The lowest BCUT2D eigenvalue weighted by Gasteiger charge is -2.28. The van der Waals surface area contributed by atoms with E-state index in [1.54, 1.807) is 0 Å². The SMILES string of the molecule is O=C(c1ccccc1)N1CCCN(C(=O)C2CCCCC2)CC1. The summed E-state index contributed by atoms with van der Waals surface area (Å²) >= 11 is 0. The second kappa shape index (κ2) is 7.62. The van der Waals surface area contributed by atoms with Crippen LogP contribution in [0.15, 0.2) is 30.3 Å². The lowest BCUT2D eigenvalue weighted by atomic mass is 9.88. The van der Waals surface area contributed by atoms with Crippen LogP contribution in [-0.2, 0) is 4.79 Å². The van der Waals surface area contributed by atoms with Gasteiger partial charge in [0, 0.05) is 37.7 Å². The molecule has 124 valence electrons. The highest BCUT2D eigenvalue weighted by Crippen LogP contribution is 2.26. The van der Waals surface area contributed by atoms with Crippen molar-refractivity contribution in [2.45, 2.75) is 38.5 Å². The molecule has 23 heavy (non-hydrogen) atoms. The molecule has 0 aromatic heterocycles. The van der Waals surface area contributed by atoms with E-state index in [9.17, 15) is 9.59 Å². The Morgan fingerprint density at radius 2 is 1.43 bits per heavy atom. The molecule has 0 atom stereocenters. The fourth-order valence-corrected chi connectivity index (χ4v) is 3.71. The molecule has 2 aliphatic rings. The first-order valence-corrected chi connectivity index (χ1v) is 8.89. The largest absolute Gasteiger partial charge is 0.341 e. The van der Waals surface area contributed by atoms with E-state index < -0.39 is 0 Å². The molecule has 0 spiro atoms. The number of hydrogen-bond donors (Lipinski definition) is 0. The predicted octanol–water partition coefficient (Wildman–Crippen LogP) is 2.94. The quantitative estimate of drug-likeness (QED) is 0.842. The first kappa shape index (κ1) is 16.0. The van der Waals surface area contributed by atoms with Gasteiger partial charge >= 0.3 is 0 Å². The third kappa shape index (κ3) is 3.92. The maximum atomic E-state index is 12.7. The maximum absolute atomic E-state index is 12.7. The Bertz CT molecular complexity index is 538. The lowest BCUT2D eigenvalue weighted by molar-refractivity contribution is -0.136. The average Bonchev–Trinajstić information content (AvgIpc) is 2.88. The highest BCUT2D eigenvalue weighted by atomic mass is 16.2. The summed E-state index contributed by atoms with van der Waals surface area (Å²) < 4.78 is 0. The first-order valence-electron chi connectivity index (χ1n) is 8.89. The second-order valence-corrected chi connectivity index (χ2v) is 6.67. The summed E-state index contributed by atoms with van der Waals surface area (Å²) in [6, 6.07) is 9.42. The molecular formula is C19H26N2O2. The van der Waals surface area contributed by atoms with Crippen LogP contribution in [0.5, 0.6) is 0 Å². The molecule has 1 heterocycles. The van der Waals surface area contributed by atoms with Gasteiger partial charge in [-0.15, -0.1) is 0 Å². The Labute approximate surface area is 138 Å².